The van der Waals surface area contributed by atoms with Crippen LogP contribution < -0.4 is 10.1 Å². The minimum atomic E-state index is -0.246. The minimum absolute atomic E-state index is 0.0697. The highest BCUT2D eigenvalue weighted by molar-refractivity contribution is 6.28. The normalized spacial score (nSPS) is 14.1. The molecule has 1 amide bonds. The predicted octanol–water partition coefficient (Wildman–Crippen LogP) is 0.938. The van der Waals surface area contributed by atoms with E-state index in [4.69, 9.17) is 16.3 Å². The Bertz CT molecular complexity index is 434. The number of rotatable bonds is 2. The lowest BCUT2D eigenvalue weighted by Crippen LogP contribution is -2.33. The second kappa shape index (κ2) is 3.86. The number of fused-ring (bicyclic) bond motifs is 1. The van der Waals surface area contributed by atoms with Gasteiger partial charge in [0, 0.05) is 13.0 Å². The zero-order valence-electron chi connectivity index (χ0n) is 7.79. The van der Waals surface area contributed by atoms with Gasteiger partial charge in [-0.05, 0) is 11.6 Å². The molecule has 0 saturated heterocycles. The molecule has 0 atom stereocenters. The third-order valence-corrected chi connectivity index (χ3v) is 2.16. The van der Waals surface area contributed by atoms with Crippen molar-refractivity contribution in [2.45, 2.75) is 6.42 Å². The Hall–Kier alpha value is -1.62. The molecule has 2 rings (SSSR count). The first-order valence-electron chi connectivity index (χ1n) is 4.34. The summed E-state index contributed by atoms with van der Waals surface area (Å²) in [5.41, 5.74) is 0.946. The lowest BCUT2D eigenvalue weighted by Gasteiger charge is -2.16. The van der Waals surface area contributed by atoms with E-state index in [0.29, 0.717) is 24.2 Å². The van der Waals surface area contributed by atoms with Crippen molar-refractivity contribution in [3.63, 3.8) is 0 Å². The molecule has 78 valence electrons. The van der Waals surface area contributed by atoms with Crippen molar-refractivity contribution in [1.29, 1.82) is 0 Å². The summed E-state index contributed by atoms with van der Waals surface area (Å²) in [6.45, 7) is 3.95. The molecule has 6 heteroatoms. The number of nitrogens with zero attached hydrogens (tertiary/aromatic N) is 2. The molecule has 1 aliphatic rings. The molecule has 0 bridgehead atoms. The molecule has 0 radical (unpaired) electrons. The Morgan fingerprint density at radius 3 is 3.07 bits per heavy atom. The maximum absolute atomic E-state index is 11.5. The van der Waals surface area contributed by atoms with Crippen LogP contribution in [-0.4, -0.2) is 22.4 Å². The van der Waals surface area contributed by atoms with Crippen LogP contribution >= 0.6 is 11.6 Å². The van der Waals surface area contributed by atoms with Crippen LogP contribution in [0, 0.1) is 0 Å². The molecule has 0 spiro atoms. The van der Waals surface area contributed by atoms with Gasteiger partial charge in [-0.2, -0.15) is 4.98 Å². The molecular formula is C9H8ClN3O2. The maximum Gasteiger partial charge on any atom is 0.258 e. The lowest BCUT2D eigenvalue weighted by molar-refractivity contribution is 0.0941. The van der Waals surface area contributed by atoms with Gasteiger partial charge in [0.1, 0.15) is 5.56 Å². The Labute approximate surface area is 91.1 Å². The van der Waals surface area contributed by atoms with Gasteiger partial charge in [-0.1, -0.05) is 6.58 Å². The van der Waals surface area contributed by atoms with Crippen LogP contribution in [0.15, 0.2) is 12.8 Å². The SMILES string of the molecule is C=COc1nc(Cl)nc2c1C(=O)NCC2. The van der Waals surface area contributed by atoms with Gasteiger partial charge in [-0.15, -0.1) is 0 Å². The molecule has 0 fully saturated rings. The zero-order valence-corrected chi connectivity index (χ0v) is 8.54. The standard InChI is InChI=1S/C9H8ClN3O2/c1-2-15-8-6-5(12-9(10)13-8)3-4-11-7(6)14/h2H,1,3-4H2,(H,11,14). The Kier molecular flexibility index (Phi) is 2.55. The number of aromatic nitrogens is 2. The second-order valence-corrected chi connectivity index (χ2v) is 3.25. The molecule has 0 aliphatic carbocycles. The van der Waals surface area contributed by atoms with E-state index in [1.165, 1.54) is 6.26 Å². The summed E-state index contributed by atoms with van der Waals surface area (Å²) in [5.74, 6) is -0.0954. The Balaban J connectivity index is 2.57. The van der Waals surface area contributed by atoms with E-state index in [9.17, 15) is 4.79 Å². The molecular weight excluding hydrogens is 218 g/mol. The van der Waals surface area contributed by atoms with Crippen molar-refractivity contribution in [3.05, 3.63) is 29.4 Å². The largest absolute Gasteiger partial charge is 0.446 e. The summed E-state index contributed by atoms with van der Waals surface area (Å²) in [5, 5.41) is 2.75. The van der Waals surface area contributed by atoms with E-state index in [-0.39, 0.29) is 17.1 Å². The molecule has 1 aliphatic heterocycles. The fourth-order valence-electron chi connectivity index (χ4n) is 1.41. The number of halogens is 1. The van der Waals surface area contributed by atoms with Gasteiger partial charge < -0.3 is 10.1 Å². The fraction of sp³-hybridized carbons (Fsp3) is 0.222. The van der Waals surface area contributed by atoms with Crippen LogP contribution in [0.25, 0.3) is 0 Å². The molecule has 0 unspecified atom stereocenters. The quantitative estimate of drug-likeness (QED) is 0.601. The van der Waals surface area contributed by atoms with Crippen LogP contribution in [0.2, 0.25) is 5.28 Å². The highest BCUT2D eigenvalue weighted by Crippen LogP contribution is 2.23. The minimum Gasteiger partial charge on any atom is -0.446 e. The van der Waals surface area contributed by atoms with Crippen LogP contribution in [-0.2, 0) is 6.42 Å². The molecule has 1 aromatic rings. The molecule has 5 nitrogen and oxygen atoms in total. The third-order valence-electron chi connectivity index (χ3n) is 1.99. The van der Waals surface area contributed by atoms with Crippen molar-refractivity contribution in [1.82, 2.24) is 15.3 Å². The molecule has 2 heterocycles. The summed E-state index contributed by atoms with van der Waals surface area (Å²) in [6.07, 6.45) is 1.82. The van der Waals surface area contributed by atoms with E-state index in [1.807, 2.05) is 0 Å². The molecule has 0 saturated carbocycles. The van der Waals surface area contributed by atoms with Gasteiger partial charge in [-0.25, -0.2) is 4.98 Å². The molecule has 0 aromatic carbocycles. The Morgan fingerprint density at radius 2 is 2.33 bits per heavy atom. The second-order valence-electron chi connectivity index (χ2n) is 2.91. The van der Waals surface area contributed by atoms with Gasteiger partial charge >= 0.3 is 0 Å². The summed E-state index contributed by atoms with van der Waals surface area (Å²) >= 11 is 5.70. The van der Waals surface area contributed by atoms with Gasteiger partial charge in [0.05, 0.1) is 12.0 Å². The van der Waals surface area contributed by atoms with Crippen molar-refractivity contribution in [3.8, 4) is 5.88 Å². The zero-order chi connectivity index (χ0) is 10.8. The van der Waals surface area contributed by atoms with Crippen LogP contribution in [0.5, 0.6) is 5.88 Å². The average molecular weight is 226 g/mol. The van der Waals surface area contributed by atoms with E-state index < -0.39 is 0 Å². The summed E-state index contributed by atoms with van der Waals surface area (Å²) < 4.78 is 5.02. The van der Waals surface area contributed by atoms with Crippen LogP contribution in [0.3, 0.4) is 0 Å². The highest BCUT2D eigenvalue weighted by atomic mass is 35.5. The molecule has 1 aromatic heterocycles. The monoisotopic (exact) mass is 225 g/mol. The van der Waals surface area contributed by atoms with Gasteiger partial charge in [-0.3, -0.25) is 4.79 Å². The van der Waals surface area contributed by atoms with Gasteiger partial charge in [0.25, 0.3) is 5.91 Å². The first-order valence-corrected chi connectivity index (χ1v) is 4.72. The predicted molar refractivity (Wildman–Crippen MR) is 53.9 cm³/mol. The van der Waals surface area contributed by atoms with Gasteiger partial charge in [0.15, 0.2) is 0 Å². The number of carbonyl (C=O) groups excluding carboxylic acids is 1. The van der Waals surface area contributed by atoms with Crippen molar-refractivity contribution < 1.29 is 9.53 Å². The van der Waals surface area contributed by atoms with Crippen molar-refractivity contribution >= 4 is 17.5 Å². The molecule has 1 N–H and O–H groups in total. The average Bonchev–Trinajstić information content (AvgIpc) is 2.17. The number of nitrogens with one attached hydrogen (secondary N) is 1. The van der Waals surface area contributed by atoms with Crippen LogP contribution in [0.1, 0.15) is 16.1 Å². The van der Waals surface area contributed by atoms with E-state index >= 15 is 0 Å². The number of hydrogen-bond donors (Lipinski definition) is 1. The van der Waals surface area contributed by atoms with E-state index in [2.05, 4.69) is 21.9 Å². The summed E-state index contributed by atoms with van der Waals surface area (Å²) in [7, 11) is 0. The number of hydrogen-bond acceptors (Lipinski definition) is 4. The smallest absolute Gasteiger partial charge is 0.258 e. The molecule has 15 heavy (non-hydrogen) atoms. The summed E-state index contributed by atoms with van der Waals surface area (Å²) in [6, 6.07) is 0. The van der Waals surface area contributed by atoms with Gasteiger partial charge in [0.2, 0.25) is 11.2 Å². The first kappa shape index (κ1) is 9.92. The summed E-state index contributed by atoms with van der Waals surface area (Å²) in [4.78, 5) is 19.4. The number of carbonyl (C=O) groups is 1. The lowest BCUT2D eigenvalue weighted by atomic mass is 10.1. The first-order chi connectivity index (χ1) is 7.22. The highest BCUT2D eigenvalue weighted by Gasteiger charge is 2.24. The fourth-order valence-corrected chi connectivity index (χ4v) is 1.59. The van der Waals surface area contributed by atoms with Crippen molar-refractivity contribution in [2.24, 2.45) is 0 Å². The topological polar surface area (TPSA) is 64.1 Å². The number of ether oxygens (including phenoxy) is 1. The number of amides is 1. The van der Waals surface area contributed by atoms with Crippen molar-refractivity contribution in [2.75, 3.05) is 6.54 Å². The Morgan fingerprint density at radius 1 is 1.53 bits per heavy atom. The third kappa shape index (κ3) is 1.78. The van der Waals surface area contributed by atoms with Crippen LogP contribution in [0.4, 0.5) is 0 Å². The maximum atomic E-state index is 11.5. The van der Waals surface area contributed by atoms with E-state index in [1.54, 1.807) is 0 Å². The van der Waals surface area contributed by atoms with E-state index in [0.717, 1.165) is 0 Å².